The number of hydrogen-bond donors (Lipinski definition) is 1. The molecule has 12 nitrogen and oxygen atoms in total. The molecule has 0 aliphatic rings. The van der Waals surface area contributed by atoms with Crippen LogP contribution in [0.1, 0.15) is 21.6 Å². The Hall–Kier alpha value is -4.60. The van der Waals surface area contributed by atoms with Crippen LogP contribution in [0.2, 0.25) is 0 Å². The topological polar surface area (TPSA) is 142 Å². The molecule has 5 rings (SSSR count). The number of anilines is 1. The van der Waals surface area contributed by atoms with Gasteiger partial charge < -0.3 is 5.32 Å². The molecule has 35 heavy (non-hydrogen) atoms. The number of fused-ring (bicyclic) bond motifs is 1. The van der Waals surface area contributed by atoms with Crippen molar-refractivity contribution in [1.82, 2.24) is 44.7 Å². The van der Waals surface area contributed by atoms with Gasteiger partial charge in [0.2, 0.25) is 0 Å². The van der Waals surface area contributed by atoms with Gasteiger partial charge in [0.1, 0.15) is 16.7 Å². The number of rotatable bonds is 6. The van der Waals surface area contributed by atoms with Crippen molar-refractivity contribution >= 4 is 40.0 Å². The molecule has 1 N–H and O–H groups in total. The first kappa shape index (κ1) is 22.2. The second-order valence-electron chi connectivity index (χ2n) is 6.88. The van der Waals surface area contributed by atoms with Crippen molar-refractivity contribution in [3.05, 3.63) is 59.5 Å². The van der Waals surface area contributed by atoms with Gasteiger partial charge >= 0.3 is 6.18 Å². The van der Waals surface area contributed by atoms with E-state index in [1.807, 2.05) is 0 Å². The molecule has 0 aliphatic carbocycles. The summed E-state index contributed by atoms with van der Waals surface area (Å²) in [5.41, 5.74) is 0.175. The summed E-state index contributed by atoms with van der Waals surface area (Å²) in [6, 6.07) is 1.50. The van der Waals surface area contributed by atoms with Crippen molar-refractivity contribution in [3.8, 4) is 11.6 Å². The Morgan fingerprint density at radius 1 is 1.09 bits per heavy atom. The largest absolute Gasteiger partial charge is 0.434 e. The lowest BCUT2D eigenvalue weighted by molar-refractivity contribution is -0.143. The third kappa shape index (κ3) is 4.10. The van der Waals surface area contributed by atoms with Gasteiger partial charge in [-0.05, 0) is 12.8 Å². The molecule has 0 spiro atoms. The highest BCUT2D eigenvalue weighted by molar-refractivity contribution is 7.16. The Morgan fingerprint density at radius 2 is 1.89 bits per heavy atom. The van der Waals surface area contributed by atoms with E-state index in [1.54, 1.807) is 0 Å². The average Bonchev–Trinajstić information content (AvgIpc) is 3.59. The molecule has 0 saturated heterocycles. The van der Waals surface area contributed by atoms with Crippen molar-refractivity contribution in [3.63, 3.8) is 0 Å². The van der Waals surface area contributed by atoms with Gasteiger partial charge in [-0.15, -0.1) is 16.1 Å². The molecule has 0 saturated carbocycles. The monoisotopic (exact) mass is 499 g/mol. The normalized spacial score (nSPS) is 11.6. The Kier molecular flexibility index (Phi) is 5.48. The second-order valence-corrected chi connectivity index (χ2v) is 7.71. The van der Waals surface area contributed by atoms with Crippen LogP contribution in [0.3, 0.4) is 0 Å². The maximum Gasteiger partial charge on any atom is 0.434 e. The van der Waals surface area contributed by atoms with E-state index in [2.05, 4.69) is 52.3 Å². The van der Waals surface area contributed by atoms with E-state index in [0.29, 0.717) is 20.9 Å². The highest BCUT2D eigenvalue weighted by Gasteiger charge is 2.41. The van der Waals surface area contributed by atoms with Crippen molar-refractivity contribution < 1.29 is 18.0 Å². The molecule has 0 unspecified atom stereocenters. The smallest absolute Gasteiger partial charge is 0.320 e. The average molecular weight is 499 g/mol. The number of carbonyl (C=O) groups is 1. The van der Waals surface area contributed by atoms with E-state index in [9.17, 15) is 18.0 Å². The number of thiazole rings is 1. The van der Waals surface area contributed by atoms with Crippen LogP contribution in [0.5, 0.6) is 0 Å². The number of halogens is 3. The molecule has 0 aromatic carbocycles. The lowest BCUT2D eigenvalue weighted by atomic mass is 10.2. The van der Waals surface area contributed by atoms with Gasteiger partial charge in [-0.2, -0.15) is 28.5 Å². The van der Waals surface area contributed by atoms with Crippen molar-refractivity contribution in [2.45, 2.75) is 12.7 Å². The van der Waals surface area contributed by atoms with Crippen molar-refractivity contribution in [1.29, 1.82) is 0 Å². The summed E-state index contributed by atoms with van der Waals surface area (Å²) in [6.07, 6.45) is 1.17. The van der Waals surface area contributed by atoms with E-state index in [-0.39, 0.29) is 23.6 Å². The van der Waals surface area contributed by atoms with E-state index < -0.39 is 23.3 Å². The van der Waals surface area contributed by atoms with Gasteiger partial charge in [0, 0.05) is 5.56 Å². The lowest BCUT2D eigenvalue weighted by Crippen LogP contribution is -2.21. The highest BCUT2D eigenvalue weighted by atomic mass is 32.1. The SMILES string of the molecule is C=NCc1cc(NC(=O)c2cnn(-c3ncnc4scnc34)c2C(F)(F)F)cnc1-n1nccn1. The number of amides is 1. The van der Waals surface area contributed by atoms with Gasteiger partial charge in [-0.25, -0.2) is 24.6 Å². The molecule has 5 aromatic rings. The Labute approximate surface area is 197 Å². The summed E-state index contributed by atoms with van der Waals surface area (Å²) in [7, 11) is 0. The Bertz CT molecular complexity index is 1540. The molecule has 0 bridgehead atoms. The number of hydrogen-bond acceptors (Lipinski definition) is 10. The number of nitrogens with zero attached hydrogens (tertiary/aromatic N) is 10. The van der Waals surface area contributed by atoms with Gasteiger partial charge in [0.15, 0.2) is 17.3 Å². The summed E-state index contributed by atoms with van der Waals surface area (Å²) < 4.78 is 42.8. The third-order valence-corrected chi connectivity index (χ3v) is 5.42. The van der Waals surface area contributed by atoms with Crippen molar-refractivity contribution in [2.75, 3.05) is 5.32 Å². The van der Waals surface area contributed by atoms with E-state index in [0.717, 1.165) is 23.9 Å². The predicted molar refractivity (Wildman–Crippen MR) is 118 cm³/mol. The van der Waals surface area contributed by atoms with Crippen LogP contribution in [0.4, 0.5) is 18.9 Å². The van der Waals surface area contributed by atoms with Gasteiger partial charge in [-0.3, -0.25) is 9.79 Å². The number of nitrogens with one attached hydrogen (secondary N) is 1. The summed E-state index contributed by atoms with van der Waals surface area (Å²) >= 11 is 1.14. The van der Waals surface area contributed by atoms with E-state index in [1.165, 1.54) is 35.0 Å². The summed E-state index contributed by atoms with van der Waals surface area (Å²) in [6.45, 7) is 3.55. The summed E-state index contributed by atoms with van der Waals surface area (Å²) in [4.78, 5) is 34.5. The van der Waals surface area contributed by atoms with E-state index >= 15 is 0 Å². The zero-order valence-electron chi connectivity index (χ0n) is 17.4. The van der Waals surface area contributed by atoms with Crippen LogP contribution in [-0.2, 0) is 12.7 Å². The molecular formula is C19H12F3N11OS. The standard InChI is InChI=1S/C19H12F3N11OS/c1-23-5-10-4-11(6-24-15(10)33-28-2-3-29-33)31-17(34)12-7-30-32(14(12)19(20,21)22)16-13-18(26-8-25-16)35-9-27-13/h2-4,6-9H,1,5H2,(H,31,34). The number of pyridine rings is 1. The van der Waals surface area contributed by atoms with E-state index in [4.69, 9.17) is 0 Å². The molecule has 176 valence electrons. The molecule has 16 heteroatoms. The molecule has 5 heterocycles. The molecule has 0 atom stereocenters. The maximum absolute atomic E-state index is 14.1. The maximum atomic E-state index is 14.1. The van der Waals surface area contributed by atoms with Gasteiger partial charge in [0.05, 0.1) is 48.1 Å². The van der Waals surface area contributed by atoms with Crippen LogP contribution in [0.25, 0.3) is 22.0 Å². The van der Waals surface area contributed by atoms with Crippen LogP contribution < -0.4 is 5.32 Å². The van der Waals surface area contributed by atoms with Crippen molar-refractivity contribution in [2.24, 2.45) is 4.99 Å². The highest BCUT2D eigenvalue weighted by Crippen LogP contribution is 2.35. The first-order valence-corrected chi connectivity index (χ1v) is 10.5. The number of aromatic nitrogens is 9. The lowest BCUT2D eigenvalue weighted by Gasteiger charge is -2.13. The molecular weight excluding hydrogens is 487 g/mol. The minimum Gasteiger partial charge on any atom is -0.320 e. The van der Waals surface area contributed by atoms with Crippen LogP contribution in [-0.4, -0.2) is 57.3 Å². The minimum absolute atomic E-state index is 0.108. The minimum atomic E-state index is -4.93. The zero-order chi connectivity index (χ0) is 24.6. The molecule has 0 aliphatic heterocycles. The van der Waals surface area contributed by atoms with Gasteiger partial charge in [0.25, 0.3) is 5.91 Å². The second kappa shape index (κ2) is 8.64. The summed E-state index contributed by atoms with van der Waals surface area (Å²) in [5, 5.41) is 14.2. The van der Waals surface area contributed by atoms with Crippen LogP contribution >= 0.6 is 11.3 Å². The fraction of sp³-hybridized carbons (Fsp3) is 0.105. The number of alkyl halides is 3. The number of carbonyl (C=O) groups excluding carboxylic acids is 1. The Morgan fingerprint density at radius 3 is 2.63 bits per heavy atom. The molecule has 1 amide bonds. The fourth-order valence-corrected chi connectivity index (χ4v) is 3.92. The number of aliphatic imine (C=N–C) groups is 1. The molecule has 0 fully saturated rings. The van der Waals surface area contributed by atoms with Crippen LogP contribution in [0, 0.1) is 0 Å². The zero-order valence-corrected chi connectivity index (χ0v) is 18.2. The van der Waals surface area contributed by atoms with Gasteiger partial charge in [-0.1, -0.05) is 0 Å². The molecule has 0 radical (unpaired) electrons. The first-order valence-electron chi connectivity index (χ1n) is 9.66. The molecule has 5 aromatic heterocycles. The van der Waals surface area contributed by atoms with Crippen LogP contribution in [0.15, 0.2) is 47.7 Å². The third-order valence-electron chi connectivity index (χ3n) is 4.69. The first-order chi connectivity index (χ1) is 16.9. The Balaban J connectivity index is 1.53. The predicted octanol–water partition coefficient (Wildman–Crippen LogP) is 2.72. The fourth-order valence-electron chi connectivity index (χ4n) is 3.30. The summed E-state index contributed by atoms with van der Waals surface area (Å²) in [5.74, 6) is -0.906. The quantitative estimate of drug-likeness (QED) is 0.352.